The number of carbonyl (C=O) groups excluding carboxylic acids is 1. The molecule has 0 amide bonds. The van der Waals surface area contributed by atoms with E-state index in [-0.39, 0.29) is 11.4 Å². The van der Waals surface area contributed by atoms with Gasteiger partial charge in [0.05, 0.1) is 7.11 Å². The molecule has 2 heteroatoms. The van der Waals surface area contributed by atoms with Crippen LogP contribution in [0.5, 0.6) is 0 Å². The molecule has 2 nitrogen and oxygen atoms in total. The zero-order valence-corrected chi connectivity index (χ0v) is 17.0. The predicted octanol–water partition coefficient (Wildman–Crippen LogP) is 5.93. The highest BCUT2D eigenvalue weighted by Crippen LogP contribution is 2.68. The van der Waals surface area contributed by atoms with Crippen LogP contribution in [0.1, 0.15) is 73.1 Å². The first kappa shape index (κ1) is 18.7. The zero-order valence-electron chi connectivity index (χ0n) is 17.0. The van der Waals surface area contributed by atoms with Gasteiger partial charge in [-0.25, -0.2) is 4.79 Å². The van der Waals surface area contributed by atoms with Crippen LogP contribution in [-0.2, 0) is 9.53 Å². The zero-order chi connectivity index (χ0) is 18.5. The van der Waals surface area contributed by atoms with Crippen molar-refractivity contribution in [1.82, 2.24) is 0 Å². The summed E-state index contributed by atoms with van der Waals surface area (Å²) in [6.45, 7) is 12.3. The van der Waals surface area contributed by atoms with E-state index in [9.17, 15) is 4.79 Å². The van der Waals surface area contributed by atoms with Gasteiger partial charge in [-0.15, -0.1) is 0 Å². The number of allylic oxidation sites excluding steroid dienone is 3. The Morgan fingerprint density at radius 2 is 1.84 bits per heavy atom. The molecule has 3 aliphatic carbocycles. The summed E-state index contributed by atoms with van der Waals surface area (Å²) in [6.07, 6.45) is 14.1. The van der Waals surface area contributed by atoms with Crippen molar-refractivity contribution in [3.63, 3.8) is 0 Å². The lowest BCUT2D eigenvalue weighted by atomic mass is 9.40. The molecule has 3 aliphatic rings. The summed E-state index contributed by atoms with van der Waals surface area (Å²) in [5.41, 5.74) is 2.56. The smallest absolute Gasteiger partial charge is 0.330 e. The molecule has 0 aromatic carbocycles. The van der Waals surface area contributed by atoms with E-state index in [4.69, 9.17) is 4.74 Å². The lowest BCUT2D eigenvalue weighted by Crippen LogP contribution is -2.57. The minimum absolute atomic E-state index is 0.239. The van der Waals surface area contributed by atoms with Crippen molar-refractivity contribution in [1.29, 1.82) is 0 Å². The number of rotatable bonds is 2. The van der Waals surface area contributed by atoms with Crippen molar-refractivity contribution < 1.29 is 9.53 Å². The van der Waals surface area contributed by atoms with Crippen LogP contribution in [0.3, 0.4) is 0 Å². The summed E-state index contributed by atoms with van der Waals surface area (Å²) in [5.74, 6) is 1.64. The quantitative estimate of drug-likeness (QED) is 0.352. The van der Waals surface area contributed by atoms with E-state index in [1.165, 1.54) is 51.2 Å². The van der Waals surface area contributed by atoms with E-state index in [2.05, 4.69) is 46.8 Å². The summed E-state index contributed by atoms with van der Waals surface area (Å²) in [6, 6.07) is 0. The highest BCUT2D eigenvalue weighted by atomic mass is 16.5. The molecule has 0 radical (unpaired) electrons. The van der Waals surface area contributed by atoms with Gasteiger partial charge < -0.3 is 4.74 Å². The molecule has 0 aromatic rings. The van der Waals surface area contributed by atoms with Crippen LogP contribution >= 0.6 is 0 Å². The summed E-state index contributed by atoms with van der Waals surface area (Å²) in [7, 11) is 1.46. The van der Waals surface area contributed by atoms with Crippen LogP contribution in [0.15, 0.2) is 23.8 Å². The third kappa shape index (κ3) is 2.90. The molecule has 2 fully saturated rings. The summed E-state index contributed by atoms with van der Waals surface area (Å²) in [5, 5.41) is 0. The molecule has 3 rings (SSSR count). The first-order valence-electron chi connectivity index (χ1n) is 10.1. The summed E-state index contributed by atoms with van der Waals surface area (Å²) < 4.78 is 4.83. The highest BCUT2D eigenvalue weighted by molar-refractivity contribution is 5.81. The van der Waals surface area contributed by atoms with Gasteiger partial charge in [-0.05, 0) is 67.1 Å². The van der Waals surface area contributed by atoms with Gasteiger partial charge in [-0.1, -0.05) is 51.8 Å². The Morgan fingerprint density at radius 1 is 1.12 bits per heavy atom. The molecule has 2 saturated carbocycles. The van der Waals surface area contributed by atoms with Crippen molar-refractivity contribution >= 4 is 5.97 Å². The number of esters is 1. The molecule has 0 unspecified atom stereocenters. The molecular weight excluding hydrogens is 308 g/mol. The molecule has 0 aliphatic heterocycles. The second-order valence-electron chi connectivity index (χ2n) is 10.0. The second-order valence-corrected chi connectivity index (χ2v) is 10.0. The first-order valence-corrected chi connectivity index (χ1v) is 10.1. The lowest BCUT2D eigenvalue weighted by molar-refractivity contribution is -0.140. The van der Waals surface area contributed by atoms with Gasteiger partial charge in [0.15, 0.2) is 0 Å². The van der Waals surface area contributed by atoms with Gasteiger partial charge in [0.2, 0.25) is 0 Å². The fourth-order valence-corrected chi connectivity index (χ4v) is 7.16. The largest absolute Gasteiger partial charge is 0.466 e. The normalized spacial score (nSPS) is 43.1. The molecule has 0 N–H and O–H groups in total. The van der Waals surface area contributed by atoms with Crippen LogP contribution in [0, 0.1) is 34.0 Å². The van der Waals surface area contributed by atoms with Crippen LogP contribution in [0.4, 0.5) is 0 Å². The first-order chi connectivity index (χ1) is 11.6. The molecule has 140 valence electrons. The standard InChI is InChI=1S/C23H36O2/c1-16-8-10-19-22(4,17(16)9-11-20(24)25-6)15-12-18-21(2,3)13-7-14-23(18,19)5/h8-9,11,17-19H,7,10,12-15H2,1-6H3/b11-9+/t17-,18+,19+,22+,23+/m1/s1. The maximum absolute atomic E-state index is 11.7. The molecule has 0 heterocycles. The van der Waals surface area contributed by atoms with E-state index in [1.54, 1.807) is 6.08 Å². The highest BCUT2D eigenvalue weighted by Gasteiger charge is 2.60. The lowest BCUT2D eigenvalue weighted by Gasteiger charge is -2.65. The summed E-state index contributed by atoms with van der Waals surface area (Å²) >= 11 is 0. The van der Waals surface area contributed by atoms with Crippen molar-refractivity contribution in [3.8, 4) is 0 Å². The fourth-order valence-electron chi connectivity index (χ4n) is 7.16. The van der Waals surface area contributed by atoms with Gasteiger partial charge in [0.1, 0.15) is 0 Å². The van der Waals surface area contributed by atoms with E-state index in [0.717, 1.165) is 5.92 Å². The SMILES string of the molecule is COC(=O)/C=C/[C@@H]1C(C)=CC[C@H]2[C@@]1(C)CC[C@H]1C(C)(C)CCC[C@]21C. The molecule has 0 aromatic heterocycles. The Bertz CT molecular complexity index is 599. The number of ether oxygens (including phenoxy) is 1. The van der Waals surface area contributed by atoms with Crippen LogP contribution in [0.25, 0.3) is 0 Å². The monoisotopic (exact) mass is 344 g/mol. The van der Waals surface area contributed by atoms with E-state index in [0.29, 0.717) is 22.7 Å². The van der Waals surface area contributed by atoms with Crippen molar-refractivity contribution in [2.75, 3.05) is 7.11 Å². The van der Waals surface area contributed by atoms with Crippen LogP contribution in [0.2, 0.25) is 0 Å². The van der Waals surface area contributed by atoms with Crippen molar-refractivity contribution in [3.05, 3.63) is 23.8 Å². The number of carbonyl (C=O) groups is 1. The Kier molecular flexibility index (Phi) is 4.71. The molecular formula is C23H36O2. The van der Waals surface area contributed by atoms with E-state index >= 15 is 0 Å². The number of hydrogen-bond donors (Lipinski definition) is 0. The Labute approximate surface area is 154 Å². The topological polar surface area (TPSA) is 26.3 Å². The number of fused-ring (bicyclic) bond motifs is 3. The van der Waals surface area contributed by atoms with Crippen molar-refractivity contribution in [2.45, 2.75) is 73.1 Å². The minimum atomic E-state index is -0.239. The minimum Gasteiger partial charge on any atom is -0.466 e. The Balaban J connectivity index is 1.98. The third-order valence-corrected chi connectivity index (χ3v) is 8.34. The fraction of sp³-hybridized carbons (Fsp3) is 0.783. The predicted molar refractivity (Wildman–Crippen MR) is 103 cm³/mol. The van der Waals surface area contributed by atoms with E-state index in [1.807, 2.05) is 0 Å². The molecule has 5 atom stereocenters. The van der Waals surface area contributed by atoms with Crippen LogP contribution < -0.4 is 0 Å². The maximum atomic E-state index is 11.7. The number of hydrogen-bond acceptors (Lipinski definition) is 2. The summed E-state index contributed by atoms with van der Waals surface area (Å²) in [4.78, 5) is 11.7. The average molecular weight is 345 g/mol. The van der Waals surface area contributed by atoms with Gasteiger partial charge in [0.25, 0.3) is 0 Å². The Morgan fingerprint density at radius 3 is 2.52 bits per heavy atom. The van der Waals surface area contributed by atoms with Crippen LogP contribution in [-0.4, -0.2) is 13.1 Å². The van der Waals surface area contributed by atoms with Gasteiger partial charge in [-0.2, -0.15) is 0 Å². The van der Waals surface area contributed by atoms with E-state index < -0.39 is 0 Å². The van der Waals surface area contributed by atoms with Gasteiger partial charge >= 0.3 is 5.97 Å². The molecule has 0 spiro atoms. The van der Waals surface area contributed by atoms with Crippen molar-refractivity contribution in [2.24, 2.45) is 34.0 Å². The molecule has 0 saturated heterocycles. The molecule has 0 bridgehead atoms. The van der Waals surface area contributed by atoms with Gasteiger partial charge in [-0.3, -0.25) is 0 Å². The van der Waals surface area contributed by atoms with Gasteiger partial charge in [0, 0.05) is 12.0 Å². The Hall–Kier alpha value is -1.05. The molecule has 25 heavy (non-hydrogen) atoms. The number of methoxy groups -OCH3 is 1. The second kappa shape index (κ2) is 6.28. The maximum Gasteiger partial charge on any atom is 0.330 e. The third-order valence-electron chi connectivity index (χ3n) is 8.34. The average Bonchev–Trinajstić information content (AvgIpc) is 2.52.